The highest BCUT2D eigenvalue weighted by Gasteiger charge is 2.22. The molecule has 0 radical (unpaired) electrons. The molecule has 4 aromatic heterocycles. The first-order chi connectivity index (χ1) is 64.0. The number of aromatic nitrogens is 3. The van der Waals surface area contributed by atoms with Crippen LogP contribution < -0.4 is 0 Å². The van der Waals surface area contributed by atoms with E-state index in [2.05, 4.69) is 419 Å². The molecule has 0 saturated carbocycles. The van der Waals surface area contributed by atoms with E-state index >= 15 is 0 Å². The molecule has 4 heterocycles. The molecule has 0 amide bonds. The molecule has 0 N–H and O–H groups in total. The van der Waals surface area contributed by atoms with E-state index in [4.69, 9.17) is 15.0 Å². The zero-order chi connectivity index (χ0) is 85.5. The summed E-state index contributed by atoms with van der Waals surface area (Å²) >= 11 is 5.69. The molecule has 604 valence electrons. The quantitative estimate of drug-likeness (QED) is 0.108. The third-order valence-corrected chi connectivity index (χ3v) is 28.8. The van der Waals surface area contributed by atoms with Crippen LogP contribution in [0.15, 0.2) is 479 Å². The first-order valence-corrected chi connectivity index (χ1v) is 46.2. The Balaban J connectivity index is 0.000000112. The third-order valence-electron chi connectivity index (χ3n) is 24.9. The molecule has 0 unspecified atom stereocenters. The summed E-state index contributed by atoms with van der Waals surface area (Å²) in [5.41, 5.74) is 27.8. The maximum atomic E-state index is 4.98. The van der Waals surface area contributed by atoms with Crippen molar-refractivity contribution in [3.8, 4) is 145 Å². The van der Waals surface area contributed by atoms with Crippen LogP contribution >= 0.6 is 34.0 Å². The highest BCUT2D eigenvalue weighted by atomic mass is 32.1. The molecule has 21 aromatic carbocycles. The van der Waals surface area contributed by atoms with Crippen molar-refractivity contribution in [3.63, 3.8) is 0 Å². The number of hydrogen-bond donors (Lipinski definition) is 0. The number of fused-ring (bicyclic) bond motifs is 15. The standard InChI is InChI=1S/C45H29N3S.C42H26S.C36H24S/c1-4-13-30(14-5-1)31-25-27-32(28-26-31)37-21-11-23-39-40-24-12-22-38(42(40)49-41(37)39)35-19-10-20-36(29-35)45-47-43(33-15-6-2-7-16-33)46-44(48-45)34-17-8-3-9-18-34;1-2-10-27(11-3-1)28-20-22-29(23-21-28)31-16-8-18-38-39-19-9-17-32(42(39)43-41(31)38)30-24-25-37-35-14-5-4-12-33(35)34-13-6-7-15-36(34)40(37)26-30;1-3-10-25(11-4-1)26-20-22-27(23-21-26)29-14-7-15-30(24-29)32-17-9-19-34-33-18-8-16-31(35(33)37-36(32)34)28-12-5-2-6-13-28/h1-29H;1-26H;1-24H. The monoisotopic (exact) mass is 1690 g/mol. The molecule has 3 nitrogen and oxygen atoms in total. The van der Waals surface area contributed by atoms with Gasteiger partial charge in [0.1, 0.15) is 0 Å². The summed E-state index contributed by atoms with van der Waals surface area (Å²) in [7, 11) is 0. The smallest absolute Gasteiger partial charge is 0.164 e. The van der Waals surface area contributed by atoms with Crippen molar-refractivity contribution in [2.24, 2.45) is 0 Å². The minimum absolute atomic E-state index is 0.652. The van der Waals surface area contributed by atoms with Crippen LogP contribution in [-0.4, -0.2) is 15.0 Å². The molecule has 0 aliphatic rings. The summed E-state index contributed by atoms with van der Waals surface area (Å²) in [4.78, 5) is 14.8. The second-order valence-electron chi connectivity index (χ2n) is 32.6. The van der Waals surface area contributed by atoms with Gasteiger partial charge in [0.05, 0.1) is 0 Å². The van der Waals surface area contributed by atoms with E-state index in [9.17, 15) is 0 Å². The minimum Gasteiger partial charge on any atom is -0.208 e. The van der Waals surface area contributed by atoms with Gasteiger partial charge in [-0.1, -0.05) is 461 Å². The highest BCUT2D eigenvalue weighted by molar-refractivity contribution is 7.27. The maximum Gasteiger partial charge on any atom is 0.164 e. The second-order valence-corrected chi connectivity index (χ2v) is 35.7. The van der Waals surface area contributed by atoms with Crippen LogP contribution in [0.3, 0.4) is 0 Å². The molecule has 129 heavy (non-hydrogen) atoms. The van der Waals surface area contributed by atoms with Gasteiger partial charge < -0.3 is 0 Å². The van der Waals surface area contributed by atoms with Gasteiger partial charge in [0.25, 0.3) is 0 Å². The summed E-state index contributed by atoms with van der Waals surface area (Å²) in [6.07, 6.45) is 0. The molecule has 0 bridgehead atoms. The lowest BCUT2D eigenvalue weighted by molar-refractivity contribution is 1.07. The molecule has 0 fully saturated rings. The van der Waals surface area contributed by atoms with E-state index in [0.717, 1.165) is 22.3 Å². The number of rotatable bonds is 13. The van der Waals surface area contributed by atoms with Crippen LogP contribution in [0.25, 0.3) is 238 Å². The molecule has 0 spiro atoms. The second kappa shape index (κ2) is 34.2. The van der Waals surface area contributed by atoms with Crippen molar-refractivity contribution in [2.45, 2.75) is 0 Å². The van der Waals surface area contributed by atoms with Crippen LogP contribution in [0.5, 0.6) is 0 Å². The Morgan fingerprint density at radius 3 is 0.628 bits per heavy atom. The molecule has 0 aliphatic heterocycles. The van der Waals surface area contributed by atoms with Crippen molar-refractivity contribution < 1.29 is 0 Å². The van der Waals surface area contributed by atoms with Gasteiger partial charge in [0.15, 0.2) is 17.5 Å². The van der Waals surface area contributed by atoms with Crippen molar-refractivity contribution in [2.75, 3.05) is 0 Å². The average molecular weight is 1700 g/mol. The SMILES string of the molecule is c1ccc(-c2ccc(-c3cccc(-c4cccc5c4sc4c(-c6ccccc6)cccc45)c3)cc2)cc1.c1ccc(-c2ccc(-c3cccc4c3sc3c(-c5ccc6c7ccccc7c7ccccc7c6c5)cccc34)cc2)cc1.c1ccc(-c2ccc(-c3cccc4c3sc3c(-c5cccc(-c6nc(-c7ccccc7)nc(-c7ccccc7)n6)c5)cccc34)cc2)cc1. The van der Waals surface area contributed by atoms with Crippen LogP contribution in [0, 0.1) is 0 Å². The predicted molar refractivity (Wildman–Crippen MR) is 555 cm³/mol. The predicted octanol–water partition coefficient (Wildman–Crippen LogP) is 35.5. The van der Waals surface area contributed by atoms with E-state index in [1.807, 2.05) is 94.7 Å². The molecular weight excluding hydrogens is 1620 g/mol. The molecule has 0 aliphatic carbocycles. The lowest BCUT2D eigenvalue weighted by atomic mass is 9.92. The third kappa shape index (κ3) is 15.0. The van der Waals surface area contributed by atoms with E-state index in [0.29, 0.717) is 17.5 Å². The maximum absolute atomic E-state index is 4.98. The number of nitrogens with zero attached hydrogens (tertiary/aromatic N) is 3. The zero-order valence-corrected chi connectivity index (χ0v) is 72.6. The average Bonchev–Trinajstić information content (AvgIpc) is 0.782. The number of benzene rings is 21. The Hall–Kier alpha value is -15.9. The van der Waals surface area contributed by atoms with E-state index in [1.165, 1.54) is 199 Å². The topological polar surface area (TPSA) is 38.7 Å². The molecule has 6 heteroatoms. The van der Waals surface area contributed by atoms with Gasteiger partial charge in [-0.25, -0.2) is 15.0 Å². The summed E-state index contributed by atoms with van der Waals surface area (Å²) in [5, 5.41) is 15.7. The molecule has 0 atom stereocenters. The van der Waals surface area contributed by atoms with Crippen molar-refractivity contribution in [1.82, 2.24) is 15.0 Å². The first kappa shape index (κ1) is 77.8. The fourth-order valence-electron chi connectivity index (χ4n) is 18.6. The normalized spacial score (nSPS) is 11.4. The molecular formula is C123H79N3S3. The fraction of sp³-hybridized carbons (Fsp3) is 0. The Labute approximate surface area is 760 Å². The lowest BCUT2D eigenvalue weighted by Crippen LogP contribution is -2.00. The lowest BCUT2D eigenvalue weighted by Gasteiger charge is -2.12. The zero-order valence-electron chi connectivity index (χ0n) is 70.2. The van der Waals surface area contributed by atoms with Crippen molar-refractivity contribution in [3.05, 3.63) is 479 Å². The number of hydrogen-bond acceptors (Lipinski definition) is 6. The summed E-state index contributed by atoms with van der Waals surface area (Å²) in [5.74, 6) is 1.97. The van der Waals surface area contributed by atoms with Gasteiger partial charge in [-0.3, -0.25) is 0 Å². The Kier molecular flexibility index (Phi) is 20.6. The van der Waals surface area contributed by atoms with Gasteiger partial charge in [0.2, 0.25) is 0 Å². The van der Waals surface area contributed by atoms with E-state index in [-0.39, 0.29) is 0 Å². The van der Waals surface area contributed by atoms with Gasteiger partial charge in [-0.15, -0.1) is 34.0 Å². The van der Waals surface area contributed by atoms with E-state index < -0.39 is 0 Å². The van der Waals surface area contributed by atoms with Crippen molar-refractivity contribution in [1.29, 1.82) is 0 Å². The summed E-state index contributed by atoms with van der Waals surface area (Å²) in [6.45, 7) is 0. The molecule has 25 aromatic rings. The van der Waals surface area contributed by atoms with Crippen LogP contribution in [0.2, 0.25) is 0 Å². The van der Waals surface area contributed by atoms with Gasteiger partial charge in [0, 0.05) is 77.2 Å². The Bertz CT molecular complexity index is 8390. The van der Waals surface area contributed by atoms with Crippen molar-refractivity contribution >= 4 is 127 Å². The number of thiophene rings is 3. The minimum atomic E-state index is 0.652. The summed E-state index contributed by atoms with van der Waals surface area (Å²) in [6, 6.07) is 172. The van der Waals surface area contributed by atoms with Gasteiger partial charge in [-0.05, 0) is 162 Å². The highest BCUT2D eigenvalue weighted by Crippen LogP contribution is 2.50. The van der Waals surface area contributed by atoms with Crippen LogP contribution in [-0.2, 0) is 0 Å². The fourth-order valence-corrected chi connectivity index (χ4v) is 22.7. The molecule has 25 rings (SSSR count). The van der Waals surface area contributed by atoms with Gasteiger partial charge >= 0.3 is 0 Å². The van der Waals surface area contributed by atoms with Crippen LogP contribution in [0.4, 0.5) is 0 Å². The largest absolute Gasteiger partial charge is 0.208 e. The van der Waals surface area contributed by atoms with Crippen LogP contribution in [0.1, 0.15) is 0 Å². The van der Waals surface area contributed by atoms with Gasteiger partial charge in [-0.2, -0.15) is 0 Å². The Morgan fingerprint density at radius 2 is 0.295 bits per heavy atom. The molecule has 0 saturated heterocycles. The van der Waals surface area contributed by atoms with E-state index in [1.54, 1.807) is 0 Å². The summed E-state index contributed by atoms with van der Waals surface area (Å²) < 4.78 is 7.95. The Morgan fingerprint density at radius 1 is 0.109 bits per heavy atom. The first-order valence-electron chi connectivity index (χ1n) is 43.7.